The van der Waals surface area contributed by atoms with Crippen LogP contribution in [0.2, 0.25) is 0 Å². The molecule has 0 aromatic heterocycles. The van der Waals surface area contributed by atoms with Crippen LogP contribution in [-0.2, 0) is 28.7 Å². The standard InChI is InChI=1S/C30H36FNO6/c1-36-29-22-6-2-5-21(22)19(16-24(29)30(35)32-26-11-13-37-17-28(26)34)14-18-7-9-23(25(31)15-18)27(33)10-8-20-4-3-12-38-20/h7,9,15-16,20,26,28,34H,2-6,8,10-14,17H2,1H3,(H,32,35)/t20-,26+,28+/m1/s1. The van der Waals surface area contributed by atoms with E-state index in [-0.39, 0.29) is 36.4 Å². The normalized spacial score (nSPS) is 22.8. The van der Waals surface area contributed by atoms with Gasteiger partial charge in [0.2, 0.25) is 0 Å². The zero-order chi connectivity index (χ0) is 26.6. The number of nitrogens with one attached hydrogen (secondary N) is 1. The van der Waals surface area contributed by atoms with Crippen molar-refractivity contribution in [1.29, 1.82) is 0 Å². The molecule has 5 rings (SSSR count). The summed E-state index contributed by atoms with van der Waals surface area (Å²) in [6.45, 7) is 1.40. The first-order chi connectivity index (χ1) is 18.4. The maximum Gasteiger partial charge on any atom is 0.255 e. The third-order valence-electron chi connectivity index (χ3n) is 7.98. The highest BCUT2D eigenvalue weighted by Gasteiger charge is 2.30. The molecular formula is C30H36FNO6. The van der Waals surface area contributed by atoms with Crippen molar-refractivity contribution in [1.82, 2.24) is 5.32 Å². The predicted octanol–water partition coefficient (Wildman–Crippen LogP) is 3.94. The predicted molar refractivity (Wildman–Crippen MR) is 139 cm³/mol. The van der Waals surface area contributed by atoms with E-state index in [1.807, 2.05) is 6.07 Å². The van der Waals surface area contributed by atoms with Crippen LogP contribution >= 0.6 is 0 Å². The number of amides is 1. The summed E-state index contributed by atoms with van der Waals surface area (Å²) in [6.07, 6.45) is 5.79. The molecule has 0 bridgehead atoms. The van der Waals surface area contributed by atoms with Gasteiger partial charge < -0.3 is 24.6 Å². The van der Waals surface area contributed by atoms with Crippen LogP contribution in [0, 0.1) is 5.82 Å². The second-order valence-corrected chi connectivity index (χ2v) is 10.5. The first kappa shape index (κ1) is 26.8. The molecule has 2 N–H and O–H groups in total. The Morgan fingerprint density at radius 3 is 2.68 bits per heavy atom. The molecule has 8 heteroatoms. The monoisotopic (exact) mass is 525 g/mol. The summed E-state index contributed by atoms with van der Waals surface area (Å²) >= 11 is 0. The molecule has 204 valence electrons. The van der Waals surface area contributed by atoms with Gasteiger partial charge in [0.15, 0.2) is 5.78 Å². The lowest BCUT2D eigenvalue weighted by Gasteiger charge is -2.29. The lowest BCUT2D eigenvalue weighted by molar-refractivity contribution is -0.0261. The van der Waals surface area contributed by atoms with E-state index in [2.05, 4.69) is 5.32 Å². The number of Topliss-reactive ketones (excluding diaryl/α,β-unsaturated/α-hetero) is 1. The van der Waals surface area contributed by atoms with Gasteiger partial charge in [-0.2, -0.15) is 0 Å². The van der Waals surface area contributed by atoms with Gasteiger partial charge in [-0.05, 0) is 91.8 Å². The van der Waals surface area contributed by atoms with Gasteiger partial charge in [-0.1, -0.05) is 6.07 Å². The number of hydrogen-bond acceptors (Lipinski definition) is 6. The lowest BCUT2D eigenvalue weighted by atomic mass is 9.92. The molecule has 2 heterocycles. The highest BCUT2D eigenvalue weighted by Crippen LogP contribution is 2.37. The Balaban J connectivity index is 1.35. The molecule has 2 aliphatic heterocycles. The number of methoxy groups -OCH3 is 1. The molecule has 0 saturated carbocycles. The van der Waals surface area contributed by atoms with Crippen LogP contribution < -0.4 is 10.1 Å². The first-order valence-electron chi connectivity index (χ1n) is 13.7. The van der Waals surface area contributed by atoms with Gasteiger partial charge in [0.25, 0.3) is 5.91 Å². The van der Waals surface area contributed by atoms with Crippen LogP contribution in [0.25, 0.3) is 0 Å². The highest BCUT2D eigenvalue weighted by molar-refractivity contribution is 5.98. The van der Waals surface area contributed by atoms with E-state index in [1.165, 1.54) is 6.07 Å². The van der Waals surface area contributed by atoms with Crippen LogP contribution in [0.3, 0.4) is 0 Å². The molecule has 7 nitrogen and oxygen atoms in total. The Kier molecular flexibility index (Phi) is 8.41. The van der Waals surface area contributed by atoms with Crippen LogP contribution in [0.5, 0.6) is 5.75 Å². The molecule has 3 aliphatic rings. The molecule has 1 amide bonds. The molecule has 2 fully saturated rings. The van der Waals surface area contributed by atoms with Gasteiger partial charge in [0, 0.05) is 19.6 Å². The molecule has 0 spiro atoms. The molecule has 2 aromatic rings. The second kappa shape index (κ2) is 11.9. The van der Waals surface area contributed by atoms with Crippen molar-refractivity contribution in [3.8, 4) is 5.75 Å². The molecular weight excluding hydrogens is 489 g/mol. The fraction of sp³-hybridized carbons (Fsp3) is 0.533. The number of aliphatic hydroxyl groups excluding tert-OH is 1. The minimum absolute atomic E-state index is 0.0968. The smallest absolute Gasteiger partial charge is 0.255 e. The molecule has 3 atom stereocenters. The Labute approximate surface area is 222 Å². The summed E-state index contributed by atoms with van der Waals surface area (Å²) in [6, 6.07) is 6.25. The first-order valence-corrected chi connectivity index (χ1v) is 13.7. The van der Waals surface area contributed by atoms with Crippen molar-refractivity contribution in [2.45, 2.75) is 76.0 Å². The number of carbonyl (C=O) groups excluding carboxylic acids is 2. The number of ether oxygens (including phenoxy) is 3. The number of carbonyl (C=O) groups is 2. The quantitative estimate of drug-likeness (QED) is 0.482. The van der Waals surface area contributed by atoms with Gasteiger partial charge in [0.1, 0.15) is 11.6 Å². The maximum absolute atomic E-state index is 15.0. The minimum Gasteiger partial charge on any atom is -0.496 e. The number of halogens is 1. The third kappa shape index (κ3) is 5.77. The summed E-state index contributed by atoms with van der Waals surface area (Å²) in [7, 11) is 1.57. The number of rotatable bonds is 9. The third-order valence-corrected chi connectivity index (χ3v) is 7.98. The number of ketones is 1. The molecule has 38 heavy (non-hydrogen) atoms. The zero-order valence-electron chi connectivity index (χ0n) is 21.9. The number of aliphatic hydroxyl groups is 1. The molecule has 2 aromatic carbocycles. The summed E-state index contributed by atoms with van der Waals surface area (Å²) in [5, 5.41) is 13.2. The maximum atomic E-state index is 15.0. The molecule has 0 radical (unpaired) electrons. The number of hydrogen-bond donors (Lipinski definition) is 2. The van der Waals surface area contributed by atoms with Crippen LogP contribution in [0.1, 0.15) is 81.5 Å². The Morgan fingerprint density at radius 1 is 1.11 bits per heavy atom. The zero-order valence-corrected chi connectivity index (χ0v) is 21.9. The van der Waals surface area contributed by atoms with Crippen LogP contribution in [-0.4, -0.2) is 62.0 Å². The van der Waals surface area contributed by atoms with E-state index in [4.69, 9.17) is 14.2 Å². The van der Waals surface area contributed by atoms with Gasteiger partial charge in [-0.25, -0.2) is 4.39 Å². The van der Waals surface area contributed by atoms with Gasteiger partial charge in [-0.3, -0.25) is 9.59 Å². The van der Waals surface area contributed by atoms with E-state index < -0.39 is 18.0 Å². The Bertz CT molecular complexity index is 1190. The van der Waals surface area contributed by atoms with E-state index in [0.29, 0.717) is 37.2 Å². The summed E-state index contributed by atoms with van der Waals surface area (Å²) in [5.74, 6) is -0.457. The van der Waals surface area contributed by atoms with E-state index >= 15 is 4.39 Å². The van der Waals surface area contributed by atoms with E-state index in [0.717, 1.165) is 61.0 Å². The fourth-order valence-corrected chi connectivity index (χ4v) is 5.95. The fourth-order valence-electron chi connectivity index (χ4n) is 5.95. The lowest BCUT2D eigenvalue weighted by Crippen LogP contribution is -2.48. The van der Waals surface area contributed by atoms with Crippen molar-refractivity contribution in [3.63, 3.8) is 0 Å². The minimum atomic E-state index is -0.762. The van der Waals surface area contributed by atoms with Crippen molar-refractivity contribution in [2.24, 2.45) is 0 Å². The Hall–Kier alpha value is -2.81. The summed E-state index contributed by atoms with van der Waals surface area (Å²) in [5.41, 5.74) is 4.38. The average molecular weight is 526 g/mol. The van der Waals surface area contributed by atoms with Gasteiger partial charge in [-0.15, -0.1) is 0 Å². The SMILES string of the molecule is COc1c(C(=O)N[C@H]2CCOC[C@@H]2O)cc(Cc2ccc(C(=O)CC[C@H]3CCCO3)c(F)c2)c2c1CCC2. The van der Waals surface area contributed by atoms with Crippen LogP contribution in [0.4, 0.5) is 4.39 Å². The van der Waals surface area contributed by atoms with Crippen molar-refractivity contribution in [2.75, 3.05) is 26.9 Å². The highest BCUT2D eigenvalue weighted by atomic mass is 19.1. The number of benzene rings is 2. The van der Waals surface area contributed by atoms with Crippen molar-refractivity contribution in [3.05, 3.63) is 63.5 Å². The number of fused-ring (bicyclic) bond motifs is 1. The van der Waals surface area contributed by atoms with E-state index in [1.54, 1.807) is 19.2 Å². The molecule has 1 aliphatic carbocycles. The van der Waals surface area contributed by atoms with E-state index in [9.17, 15) is 14.7 Å². The largest absolute Gasteiger partial charge is 0.496 e. The van der Waals surface area contributed by atoms with Crippen LogP contribution in [0.15, 0.2) is 24.3 Å². The molecule has 2 saturated heterocycles. The summed E-state index contributed by atoms with van der Waals surface area (Å²) in [4.78, 5) is 26.0. The van der Waals surface area contributed by atoms with Crippen molar-refractivity contribution >= 4 is 11.7 Å². The van der Waals surface area contributed by atoms with Gasteiger partial charge in [0.05, 0.1) is 43.1 Å². The van der Waals surface area contributed by atoms with Gasteiger partial charge >= 0.3 is 0 Å². The van der Waals surface area contributed by atoms with Crippen molar-refractivity contribution < 1.29 is 33.3 Å². The second-order valence-electron chi connectivity index (χ2n) is 10.5. The summed E-state index contributed by atoms with van der Waals surface area (Å²) < 4.78 is 31.6. The molecule has 0 unspecified atom stereocenters. The topological polar surface area (TPSA) is 94.1 Å². The average Bonchev–Trinajstić information content (AvgIpc) is 3.61. The Morgan fingerprint density at radius 2 is 1.95 bits per heavy atom.